The molecule has 196 valence electrons. The van der Waals surface area contributed by atoms with Crippen molar-refractivity contribution in [3.63, 3.8) is 0 Å². The Morgan fingerprint density at radius 2 is 1.76 bits per heavy atom. The minimum absolute atomic E-state index is 0.0573. The van der Waals surface area contributed by atoms with E-state index in [0.29, 0.717) is 32.7 Å². The molecule has 3 aromatic carbocycles. The SMILES string of the molecule is Cc1ccc2c(c1)C([C@H]1C[C@@H](O)C[C@@H](CO)O1)CN2Cc1ccc(OCCOCc2ccccc2)cc1. The monoisotopic (exact) mass is 503 g/mol. The van der Waals surface area contributed by atoms with Gasteiger partial charge < -0.3 is 29.3 Å². The second-order valence-corrected chi connectivity index (χ2v) is 10.2. The molecule has 0 bridgehead atoms. The van der Waals surface area contributed by atoms with Crippen molar-refractivity contribution in [2.45, 2.75) is 57.1 Å². The number of aliphatic hydroxyl groups excluding tert-OH is 2. The third-order valence-corrected chi connectivity index (χ3v) is 7.30. The van der Waals surface area contributed by atoms with Crippen LogP contribution in [0.2, 0.25) is 0 Å². The molecule has 2 aliphatic heterocycles. The quantitative estimate of drug-likeness (QED) is 0.394. The van der Waals surface area contributed by atoms with Crippen LogP contribution in [-0.4, -0.2) is 54.9 Å². The van der Waals surface area contributed by atoms with Gasteiger partial charge in [-0.2, -0.15) is 0 Å². The average molecular weight is 504 g/mol. The van der Waals surface area contributed by atoms with Gasteiger partial charge in [0.1, 0.15) is 12.4 Å². The number of rotatable bonds is 10. The lowest BCUT2D eigenvalue weighted by molar-refractivity contribution is -0.118. The van der Waals surface area contributed by atoms with Gasteiger partial charge in [-0.15, -0.1) is 0 Å². The summed E-state index contributed by atoms with van der Waals surface area (Å²) in [6, 6.07) is 25.0. The van der Waals surface area contributed by atoms with Gasteiger partial charge in [-0.3, -0.25) is 0 Å². The first-order valence-electron chi connectivity index (χ1n) is 13.2. The third-order valence-electron chi connectivity index (χ3n) is 7.30. The molecule has 2 N–H and O–H groups in total. The summed E-state index contributed by atoms with van der Waals surface area (Å²) in [6.07, 6.45) is 0.259. The van der Waals surface area contributed by atoms with Crippen LogP contribution in [0.5, 0.6) is 5.75 Å². The molecule has 6 heteroatoms. The molecule has 2 heterocycles. The predicted octanol–water partition coefficient (Wildman–Crippen LogP) is 4.60. The highest BCUT2D eigenvalue weighted by Crippen LogP contribution is 2.43. The number of hydrogen-bond donors (Lipinski definition) is 2. The van der Waals surface area contributed by atoms with E-state index in [9.17, 15) is 10.2 Å². The van der Waals surface area contributed by atoms with Crippen molar-refractivity contribution in [3.05, 3.63) is 95.1 Å². The lowest BCUT2D eigenvalue weighted by Gasteiger charge is -2.36. The van der Waals surface area contributed by atoms with E-state index in [4.69, 9.17) is 14.2 Å². The Labute approximate surface area is 219 Å². The zero-order valence-corrected chi connectivity index (χ0v) is 21.5. The molecular formula is C31H37NO5. The van der Waals surface area contributed by atoms with E-state index in [0.717, 1.165) is 24.4 Å². The first-order valence-corrected chi connectivity index (χ1v) is 13.2. The van der Waals surface area contributed by atoms with Crippen LogP contribution < -0.4 is 9.64 Å². The second-order valence-electron chi connectivity index (χ2n) is 10.2. The Kier molecular flexibility index (Phi) is 8.41. The van der Waals surface area contributed by atoms with Crippen LogP contribution >= 0.6 is 0 Å². The predicted molar refractivity (Wildman–Crippen MR) is 144 cm³/mol. The molecule has 0 aromatic heterocycles. The molecule has 0 amide bonds. The van der Waals surface area contributed by atoms with E-state index in [1.165, 1.54) is 22.4 Å². The molecule has 0 spiro atoms. The van der Waals surface area contributed by atoms with E-state index in [1.807, 2.05) is 30.3 Å². The summed E-state index contributed by atoms with van der Waals surface area (Å²) in [4.78, 5) is 2.39. The van der Waals surface area contributed by atoms with Crippen LogP contribution in [0.3, 0.4) is 0 Å². The first-order chi connectivity index (χ1) is 18.1. The van der Waals surface area contributed by atoms with Crippen LogP contribution in [0.25, 0.3) is 0 Å². The highest BCUT2D eigenvalue weighted by molar-refractivity contribution is 5.62. The van der Waals surface area contributed by atoms with Crippen molar-refractivity contribution in [2.24, 2.45) is 0 Å². The van der Waals surface area contributed by atoms with Gasteiger partial charge in [-0.1, -0.05) is 60.2 Å². The number of anilines is 1. The summed E-state index contributed by atoms with van der Waals surface area (Å²) in [6.45, 7) is 5.30. The van der Waals surface area contributed by atoms with Gasteiger partial charge in [0.05, 0.1) is 38.1 Å². The van der Waals surface area contributed by atoms with Crippen molar-refractivity contribution >= 4 is 5.69 Å². The smallest absolute Gasteiger partial charge is 0.119 e. The highest BCUT2D eigenvalue weighted by atomic mass is 16.5. The molecule has 5 rings (SSSR count). The van der Waals surface area contributed by atoms with Gasteiger partial charge in [-0.05, 0) is 41.8 Å². The van der Waals surface area contributed by atoms with Crippen LogP contribution in [0.1, 0.15) is 41.0 Å². The van der Waals surface area contributed by atoms with Crippen LogP contribution in [0.15, 0.2) is 72.8 Å². The molecule has 0 saturated carbocycles. The number of aryl methyl sites for hydroxylation is 1. The van der Waals surface area contributed by atoms with E-state index in [-0.39, 0.29) is 24.7 Å². The van der Waals surface area contributed by atoms with E-state index in [1.54, 1.807) is 0 Å². The zero-order valence-electron chi connectivity index (χ0n) is 21.5. The Balaban J connectivity index is 1.17. The van der Waals surface area contributed by atoms with Gasteiger partial charge in [0, 0.05) is 37.5 Å². The molecule has 0 radical (unpaired) electrons. The van der Waals surface area contributed by atoms with Crippen molar-refractivity contribution in [3.8, 4) is 5.75 Å². The van der Waals surface area contributed by atoms with Crippen molar-refractivity contribution < 1.29 is 24.4 Å². The maximum absolute atomic E-state index is 10.4. The zero-order chi connectivity index (χ0) is 25.6. The van der Waals surface area contributed by atoms with Crippen LogP contribution in [-0.2, 0) is 22.6 Å². The van der Waals surface area contributed by atoms with Gasteiger partial charge in [-0.25, -0.2) is 0 Å². The fourth-order valence-electron chi connectivity index (χ4n) is 5.46. The Morgan fingerprint density at radius 1 is 0.946 bits per heavy atom. The van der Waals surface area contributed by atoms with Crippen molar-refractivity contribution in [1.29, 1.82) is 0 Å². The van der Waals surface area contributed by atoms with Gasteiger partial charge >= 0.3 is 0 Å². The Hall–Kier alpha value is -2.90. The summed E-state index contributed by atoms with van der Waals surface area (Å²) >= 11 is 0. The molecule has 4 atom stereocenters. The molecule has 0 aliphatic carbocycles. The highest BCUT2D eigenvalue weighted by Gasteiger charge is 2.39. The Morgan fingerprint density at radius 3 is 2.54 bits per heavy atom. The maximum atomic E-state index is 10.4. The summed E-state index contributed by atoms with van der Waals surface area (Å²) in [5, 5.41) is 20.0. The normalized spacial score (nSPS) is 23.2. The topological polar surface area (TPSA) is 71.4 Å². The number of benzene rings is 3. The minimum Gasteiger partial charge on any atom is -0.491 e. The minimum atomic E-state index is -0.436. The van der Waals surface area contributed by atoms with Gasteiger partial charge in [0.25, 0.3) is 0 Å². The molecule has 1 saturated heterocycles. The summed E-state index contributed by atoms with van der Waals surface area (Å²) in [5.41, 5.74) is 6.07. The fourth-order valence-corrected chi connectivity index (χ4v) is 5.46. The number of aliphatic hydroxyl groups is 2. The summed E-state index contributed by atoms with van der Waals surface area (Å²) < 4.78 is 17.8. The number of hydrogen-bond acceptors (Lipinski definition) is 6. The average Bonchev–Trinajstić information content (AvgIpc) is 3.26. The molecule has 1 fully saturated rings. The van der Waals surface area contributed by atoms with E-state index in [2.05, 4.69) is 54.3 Å². The molecule has 3 aromatic rings. The van der Waals surface area contributed by atoms with Gasteiger partial charge in [0.15, 0.2) is 0 Å². The summed E-state index contributed by atoms with van der Waals surface area (Å²) in [7, 11) is 0. The van der Waals surface area contributed by atoms with Crippen LogP contribution in [0.4, 0.5) is 5.69 Å². The maximum Gasteiger partial charge on any atom is 0.119 e. The fraction of sp³-hybridized carbons (Fsp3) is 0.419. The lowest BCUT2D eigenvalue weighted by Crippen LogP contribution is -2.41. The molecular weight excluding hydrogens is 466 g/mol. The largest absolute Gasteiger partial charge is 0.491 e. The molecule has 6 nitrogen and oxygen atoms in total. The standard InChI is InChI=1S/C31H37NO5/c1-22-7-12-30-28(15-22)29(31-17-25(34)16-27(20-33)37-31)19-32(30)18-23-8-10-26(11-9-23)36-14-13-35-21-24-5-3-2-4-6-24/h2-12,15,25,27,29,31,33-34H,13-14,16-21H2,1H3/t25-,27-,29?,31+/m0/s1. The van der Waals surface area contributed by atoms with Crippen LogP contribution in [0, 0.1) is 6.92 Å². The van der Waals surface area contributed by atoms with E-state index >= 15 is 0 Å². The molecule has 37 heavy (non-hydrogen) atoms. The van der Waals surface area contributed by atoms with Gasteiger partial charge in [0.2, 0.25) is 0 Å². The van der Waals surface area contributed by atoms with Crippen molar-refractivity contribution in [1.82, 2.24) is 0 Å². The molecule has 2 aliphatic rings. The van der Waals surface area contributed by atoms with E-state index < -0.39 is 6.10 Å². The number of fused-ring (bicyclic) bond motifs is 1. The second kappa shape index (κ2) is 12.1. The Bertz CT molecular complexity index is 1140. The van der Waals surface area contributed by atoms with Crippen molar-refractivity contribution in [2.75, 3.05) is 31.3 Å². The lowest BCUT2D eigenvalue weighted by atomic mass is 9.88. The summed E-state index contributed by atoms with van der Waals surface area (Å²) in [5.74, 6) is 0.999. The first kappa shape index (κ1) is 25.7. The number of ether oxygens (including phenoxy) is 3. The number of nitrogens with zero attached hydrogens (tertiary/aromatic N) is 1. The molecule has 1 unspecified atom stereocenters. The third kappa shape index (κ3) is 6.51.